The Labute approximate surface area is 195 Å². The number of hydrogen-bond acceptors (Lipinski definition) is 4. The van der Waals surface area contributed by atoms with Gasteiger partial charge >= 0.3 is 0 Å². The van der Waals surface area contributed by atoms with Gasteiger partial charge in [-0.3, -0.25) is 4.90 Å². The average molecular weight is 474 g/mol. The second-order valence-corrected chi connectivity index (χ2v) is 10.0. The van der Waals surface area contributed by atoms with E-state index >= 15 is 0 Å². The summed E-state index contributed by atoms with van der Waals surface area (Å²) in [7, 11) is -3.98. The molecule has 0 N–H and O–H groups in total. The Kier molecular flexibility index (Phi) is 7.13. The van der Waals surface area contributed by atoms with Crippen LogP contribution in [0.15, 0.2) is 69.0 Å². The SMILES string of the molecule is CCC1C=NN(C(=NS(=O)(=O)c2ccccc2Cl)N2CCN(Cc3ccccc3)CC2)C1. The fourth-order valence-electron chi connectivity index (χ4n) is 3.89. The summed E-state index contributed by atoms with van der Waals surface area (Å²) >= 11 is 6.17. The standard InChI is InChI=1S/C23H28ClN5O2S/c1-2-19-16-25-29(18-19)23(26-32(30,31)22-11-7-6-10-21(22)24)28-14-12-27(13-15-28)17-20-8-4-3-5-9-20/h3-11,16,19H,2,12-15,17-18H2,1H3. The van der Waals surface area contributed by atoms with Crippen LogP contribution in [0.4, 0.5) is 0 Å². The molecule has 1 unspecified atom stereocenters. The molecule has 4 rings (SSSR count). The zero-order chi connectivity index (χ0) is 22.6. The number of halogens is 1. The molecule has 0 amide bonds. The minimum atomic E-state index is -3.98. The highest BCUT2D eigenvalue weighted by Gasteiger charge is 2.30. The first-order valence-corrected chi connectivity index (χ1v) is 12.7. The van der Waals surface area contributed by atoms with Gasteiger partial charge in [-0.1, -0.05) is 61.0 Å². The Balaban J connectivity index is 1.55. The van der Waals surface area contributed by atoms with E-state index in [0.717, 1.165) is 26.1 Å². The van der Waals surface area contributed by atoms with Crippen LogP contribution in [0.25, 0.3) is 0 Å². The minimum absolute atomic E-state index is 0.0112. The Bertz CT molecular complexity index is 1080. The van der Waals surface area contributed by atoms with Crippen molar-refractivity contribution in [3.63, 3.8) is 0 Å². The van der Waals surface area contributed by atoms with Crippen LogP contribution in [0.2, 0.25) is 5.02 Å². The van der Waals surface area contributed by atoms with Crippen LogP contribution in [0.1, 0.15) is 18.9 Å². The first-order chi connectivity index (χ1) is 15.5. The lowest BCUT2D eigenvalue weighted by atomic mass is 10.1. The molecule has 2 aliphatic rings. The van der Waals surface area contributed by atoms with Crippen LogP contribution in [0.5, 0.6) is 0 Å². The summed E-state index contributed by atoms with van der Waals surface area (Å²) < 4.78 is 30.5. The monoisotopic (exact) mass is 473 g/mol. The van der Waals surface area contributed by atoms with Gasteiger partial charge in [-0.2, -0.15) is 13.5 Å². The number of nitrogens with zero attached hydrogens (tertiary/aromatic N) is 5. The van der Waals surface area contributed by atoms with E-state index in [4.69, 9.17) is 11.6 Å². The Morgan fingerprint density at radius 2 is 1.75 bits per heavy atom. The van der Waals surface area contributed by atoms with Crippen LogP contribution < -0.4 is 0 Å². The molecule has 2 aromatic rings. The normalized spacial score (nSPS) is 20.2. The summed E-state index contributed by atoms with van der Waals surface area (Å²) in [5.41, 5.74) is 1.27. The van der Waals surface area contributed by atoms with Crippen LogP contribution in [0.3, 0.4) is 0 Å². The highest BCUT2D eigenvalue weighted by atomic mass is 35.5. The Hall–Kier alpha value is -2.42. The molecule has 0 aromatic heterocycles. The summed E-state index contributed by atoms with van der Waals surface area (Å²) in [5, 5.41) is 6.36. The molecule has 170 valence electrons. The molecule has 1 atom stereocenters. The van der Waals surface area contributed by atoms with Crippen molar-refractivity contribution >= 4 is 33.8 Å². The molecule has 1 fully saturated rings. The van der Waals surface area contributed by atoms with Crippen molar-refractivity contribution in [1.29, 1.82) is 0 Å². The minimum Gasteiger partial charge on any atom is -0.338 e. The molecule has 0 spiro atoms. The Morgan fingerprint density at radius 1 is 1.06 bits per heavy atom. The number of guanidine groups is 1. The fraction of sp³-hybridized carbons (Fsp3) is 0.391. The predicted molar refractivity (Wildman–Crippen MR) is 128 cm³/mol. The number of benzene rings is 2. The third kappa shape index (κ3) is 5.31. The van der Waals surface area contributed by atoms with Crippen molar-refractivity contribution in [1.82, 2.24) is 14.8 Å². The molecule has 2 aromatic carbocycles. The van der Waals surface area contributed by atoms with Crippen LogP contribution in [-0.4, -0.2) is 68.1 Å². The summed E-state index contributed by atoms with van der Waals surface area (Å²) in [6.07, 6.45) is 2.82. The van der Waals surface area contributed by atoms with E-state index in [0.29, 0.717) is 25.6 Å². The maximum atomic E-state index is 13.1. The number of rotatable bonds is 5. The zero-order valence-corrected chi connectivity index (χ0v) is 19.7. The van der Waals surface area contributed by atoms with E-state index in [2.05, 4.69) is 33.5 Å². The summed E-state index contributed by atoms with van der Waals surface area (Å²) in [5.74, 6) is 0.652. The van der Waals surface area contributed by atoms with Gasteiger partial charge in [0.25, 0.3) is 10.0 Å². The van der Waals surface area contributed by atoms with Gasteiger partial charge < -0.3 is 4.90 Å². The number of piperazine rings is 1. The lowest BCUT2D eigenvalue weighted by molar-refractivity contribution is 0.163. The molecule has 0 bridgehead atoms. The quantitative estimate of drug-likeness (QED) is 0.491. The predicted octanol–water partition coefficient (Wildman–Crippen LogP) is 3.53. The van der Waals surface area contributed by atoms with Gasteiger partial charge in [0.15, 0.2) is 0 Å². The van der Waals surface area contributed by atoms with Gasteiger partial charge in [-0.05, 0) is 24.1 Å². The van der Waals surface area contributed by atoms with Crippen molar-refractivity contribution in [3.05, 3.63) is 65.2 Å². The molecule has 9 heteroatoms. The molecular formula is C23H28ClN5O2S. The van der Waals surface area contributed by atoms with E-state index in [-0.39, 0.29) is 15.8 Å². The molecule has 2 heterocycles. The van der Waals surface area contributed by atoms with E-state index in [1.54, 1.807) is 23.2 Å². The second-order valence-electron chi connectivity index (χ2n) is 8.06. The third-order valence-corrected chi connectivity index (χ3v) is 7.56. The van der Waals surface area contributed by atoms with E-state index in [1.165, 1.54) is 11.6 Å². The van der Waals surface area contributed by atoms with Crippen LogP contribution in [-0.2, 0) is 16.6 Å². The van der Waals surface area contributed by atoms with Crippen LogP contribution >= 0.6 is 11.6 Å². The molecule has 0 saturated carbocycles. The second kappa shape index (κ2) is 10.0. The summed E-state index contributed by atoms with van der Waals surface area (Å²) in [6, 6.07) is 16.8. The maximum absolute atomic E-state index is 13.1. The van der Waals surface area contributed by atoms with Crippen LogP contribution in [0, 0.1) is 5.92 Å². The van der Waals surface area contributed by atoms with Crippen molar-refractivity contribution in [2.24, 2.45) is 15.4 Å². The first kappa shape index (κ1) is 22.8. The molecular weight excluding hydrogens is 446 g/mol. The highest BCUT2D eigenvalue weighted by Crippen LogP contribution is 2.24. The van der Waals surface area contributed by atoms with Crippen molar-refractivity contribution < 1.29 is 8.42 Å². The largest absolute Gasteiger partial charge is 0.338 e. The smallest absolute Gasteiger partial charge is 0.287 e. The number of hydrazone groups is 1. The fourth-order valence-corrected chi connectivity index (χ4v) is 5.40. The molecule has 1 saturated heterocycles. The average Bonchev–Trinajstić information content (AvgIpc) is 3.28. The van der Waals surface area contributed by atoms with Crippen molar-refractivity contribution in [2.75, 3.05) is 32.7 Å². The highest BCUT2D eigenvalue weighted by molar-refractivity contribution is 7.90. The van der Waals surface area contributed by atoms with Gasteiger partial charge in [0.05, 0.1) is 11.6 Å². The molecule has 2 aliphatic heterocycles. The van der Waals surface area contributed by atoms with Gasteiger partial charge in [-0.15, -0.1) is 4.40 Å². The van der Waals surface area contributed by atoms with Gasteiger partial charge in [0, 0.05) is 44.9 Å². The van der Waals surface area contributed by atoms with Gasteiger partial charge in [0.2, 0.25) is 5.96 Å². The topological polar surface area (TPSA) is 68.6 Å². The Morgan fingerprint density at radius 3 is 2.41 bits per heavy atom. The van der Waals surface area contributed by atoms with Crippen molar-refractivity contribution in [2.45, 2.75) is 24.8 Å². The molecule has 7 nitrogen and oxygen atoms in total. The van der Waals surface area contributed by atoms with Crippen molar-refractivity contribution in [3.8, 4) is 0 Å². The maximum Gasteiger partial charge on any atom is 0.287 e. The van der Waals surface area contributed by atoms with E-state index in [1.807, 2.05) is 29.3 Å². The molecule has 32 heavy (non-hydrogen) atoms. The first-order valence-electron chi connectivity index (χ1n) is 10.9. The number of hydrogen-bond donors (Lipinski definition) is 0. The van der Waals surface area contributed by atoms with E-state index in [9.17, 15) is 8.42 Å². The zero-order valence-electron chi connectivity index (χ0n) is 18.1. The van der Waals surface area contributed by atoms with Gasteiger partial charge in [0.1, 0.15) is 4.90 Å². The van der Waals surface area contributed by atoms with E-state index < -0.39 is 10.0 Å². The summed E-state index contributed by atoms with van der Waals surface area (Å²) in [4.78, 5) is 4.40. The lowest BCUT2D eigenvalue weighted by Crippen LogP contribution is -2.52. The van der Waals surface area contributed by atoms with Gasteiger partial charge in [-0.25, -0.2) is 5.01 Å². The third-order valence-electron chi connectivity index (χ3n) is 5.80. The lowest BCUT2D eigenvalue weighted by Gasteiger charge is -2.38. The molecule has 0 aliphatic carbocycles. The number of sulfonamides is 1. The summed E-state index contributed by atoms with van der Waals surface area (Å²) in [6.45, 7) is 6.57. The molecule has 0 radical (unpaired) electrons.